The predicted octanol–water partition coefficient (Wildman–Crippen LogP) is 2.27. The van der Waals surface area contributed by atoms with E-state index in [1.54, 1.807) is 4.90 Å². The molecule has 1 aliphatic heterocycles. The molecule has 7 heteroatoms. The molecular weight excluding hydrogens is 324 g/mol. The lowest BCUT2D eigenvalue weighted by Gasteiger charge is -2.34. The van der Waals surface area contributed by atoms with E-state index in [0.717, 1.165) is 28.6 Å². The van der Waals surface area contributed by atoms with Crippen molar-refractivity contribution in [3.05, 3.63) is 23.8 Å². The second-order valence-electron chi connectivity index (χ2n) is 6.12. The number of amides is 2. The SMILES string of the molecule is Cc1ccc2nc(NC(=O)[C@@H]3CCCCN3C(=O)CCN)sc2c1. The van der Waals surface area contributed by atoms with Crippen molar-refractivity contribution in [1.29, 1.82) is 0 Å². The molecule has 0 spiro atoms. The fourth-order valence-electron chi connectivity index (χ4n) is 3.04. The highest BCUT2D eigenvalue weighted by Gasteiger charge is 2.32. The number of fused-ring (bicyclic) bond motifs is 1. The number of likely N-dealkylation sites (tertiary alicyclic amines) is 1. The van der Waals surface area contributed by atoms with Crippen molar-refractivity contribution in [2.75, 3.05) is 18.4 Å². The van der Waals surface area contributed by atoms with Crippen LogP contribution < -0.4 is 11.1 Å². The largest absolute Gasteiger partial charge is 0.331 e. The predicted molar refractivity (Wildman–Crippen MR) is 96.0 cm³/mol. The number of carbonyl (C=O) groups is 2. The molecule has 6 nitrogen and oxygen atoms in total. The molecule has 1 aromatic carbocycles. The number of aryl methyl sites for hydroxylation is 1. The van der Waals surface area contributed by atoms with E-state index in [-0.39, 0.29) is 18.2 Å². The van der Waals surface area contributed by atoms with Gasteiger partial charge in [0, 0.05) is 19.5 Å². The second kappa shape index (κ2) is 7.27. The Balaban J connectivity index is 1.74. The Bertz CT molecular complexity index is 758. The van der Waals surface area contributed by atoms with Crippen LogP contribution in [0.5, 0.6) is 0 Å². The molecule has 24 heavy (non-hydrogen) atoms. The van der Waals surface area contributed by atoms with Gasteiger partial charge in [0.15, 0.2) is 5.13 Å². The summed E-state index contributed by atoms with van der Waals surface area (Å²) in [6.45, 7) is 2.96. The molecule has 0 radical (unpaired) electrons. The molecule has 1 aromatic heterocycles. The fourth-order valence-corrected chi connectivity index (χ4v) is 4.01. The lowest BCUT2D eigenvalue weighted by molar-refractivity contribution is -0.140. The molecular formula is C17H22N4O2S. The van der Waals surface area contributed by atoms with Gasteiger partial charge in [-0.25, -0.2) is 4.98 Å². The van der Waals surface area contributed by atoms with Crippen LogP contribution in [-0.2, 0) is 9.59 Å². The molecule has 0 saturated carbocycles. The summed E-state index contributed by atoms with van der Waals surface area (Å²) < 4.78 is 1.05. The van der Waals surface area contributed by atoms with Crippen molar-refractivity contribution >= 4 is 38.5 Å². The minimum absolute atomic E-state index is 0.0442. The summed E-state index contributed by atoms with van der Waals surface area (Å²) in [4.78, 5) is 31.0. The molecule has 1 saturated heterocycles. The number of hydrogen-bond acceptors (Lipinski definition) is 5. The Morgan fingerprint density at radius 3 is 3.04 bits per heavy atom. The first-order valence-corrected chi connectivity index (χ1v) is 9.07. The van der Waals surface area contributed by atoms with Gasteiger partial charge in [-0.1, -0.05) is 17.4 Å². The molecule has 1 atom stereocenters. The van der Waals surface area contributed by atoms with Crippen LogP contribution >= 0.6 is 11.3 Å². The summed E-state index contributed by atoms with van der Waals surface area (Å²) in [5, 5.41) is 3.47. The Kier molecular flexibility index (Phi) is 5.11. The van der Waals surface area contributed by atoms with Crippen molar-refractivity contribution in [3.8, 4) is 0 Å². The summed E-state index contributed by atoms with van der Waals surface area (Å²) >= 11 is 1.46. The van der Waals surface area contributed by atoms with Crippen molar-refractivity contribution in [2.45, 2.75) is 38.6 Å². The average molecular weight is 346 g/mol. The van der Waals surface area contributed by atoms with E-state index in [2.05, 4.69) is 16.4 Å². The second-order valence-corrected chi connectivity index (χ2v) is 7.15. The number of nitrogens with one attached hydrogen (secondary N) is 1. The molecule has 3 rings (SSSR count). The van der Waals surface area contributed by atoms with Gasteiger partial charge in [0.25, 0.3) is 0 Å². The van der Waals surface area contributed by atoms with Crippen LogP contribution in [0.3, 0.4) is 0 Å². The third kappa shape index (κ3) is 3.57. The number of carbonyl (C=O) groups excluding carboxylic acids is 2. The summed E-state index contributed by atoms with van der Waals surface area (Å²) in [5.41, 5.74) is 7.52. The number of piperidine rings is 1. The normalized spacial score (nSPS) is 17.9. The minimum atomic E-state index is -0.424. The van der Waals surface area contributed by atoms with Crippen LogP contribution in [0.15, 0.2) is 18.2 Å². The van der Waals surface area contributed by atoms with Gasteiger partial charge in [0.1, 0.15) is 6.04 Å². The molecule has 0 aliphatic carbocycles. The van der Waals surface area contributed by atoms with Gasteiger partial charge in [0.05, 0.1) is 10.2 Å². The first-order chi connectivity index (χ1) is 11.6. The number of hydrogen-bond donors (Lipinski definition) is 2. The molecule has 1 fully saturated rings. The lowest BCUT2D eigenvalue weighted by Crippen LogP contribution is -2.50. The number of benzene rings is 1. The highest BCUT2D eigenvalue weighted by molar-refractivity contribution is 7.22. The maximum absolute atomic E-state index is 12.7. The highest BCUT2D eigenvalue weighted by Crippen LogP contribution is 2.27. The van der Waals surface area contributed by atoms with Crippen LogP contribution in [-0.4, -0.2) is 40.8 Å². The van der Waals surface area contributed by atoms with E-state index < -0.39 is 6.04 Å². The molecule has 2 heterocycles. The minimum Gasteiger partial charge on any atom is -0.331 e. The summed E-state index contributed by atoms with van der Waals surface area (Å²) in [6.07, 6.45) is 2.85. The van der Waals surface area contributed by atoms with Crippen molar-refractivity contribution in [3.63, 3.8) is 0 Å². The highest BCUT2D eigenvalue weighted by atomic mass is 32.1. The molecule has 0 unspecified atom stereocenters. The van der Waals surface area contributed by atoms with E-state index in [4.69, 9.17) is 5.73 Å². The van der Waals surface area contributed by atoms with Gasteiger partial charge in [-0.3, -0.25) is 9.59 Å². The van der Waals surface area contributed by atoms with Gasteiger partial charge >= 0.3 is 0 Å². The van der Waals surface area contributed by atoms with E-state index in [9.17, 15) is 9.59 Å². The topological polar surface area (TPSA) is 88.3 Å². The van der Waals surface area contributed by atoms with Crippen molar-refractivity contribution in [1.82, 2.24) is 9.88 Å². The molecule has 2 amide bonds. The Labute approximate surface area is 145 Å². The van der Waals surface area contributed by atoms with E-state index in [1.807, 2.05) is 19.1 Å². The van der Waals surface area contributed by atoms with Crippen LogP contribution in [0.2, 0.25) is 0 Å². The number of nitrogens with two attached hydrogens (primary N) is 1. The van der Waals surface area contributed by atoms with E-state index >= 15 is 0 Å². The molecule has 0 bridgehead atoms. The average Bonchev–Trinajstić information content (AvgIpc) is 2.96. The Morgan fingerprint density at radius 1 is 1.42 bits per heavy atom. The van der Waals surface area contributed by atoms with Crippen LogP contribution in [0.1, 0.15) is 31.2 Å². The maximum Gasteiger partial charge on any atom is 0.248 e. The van der Waals surface area contributed by atoms with Crippen LogP contribution in [0.25, 0.3) is 10.2 Å². The Hall–Kier alpha value is -1.99. The summed E-state index contributed by atoms with van der Waals surface area (Å²) in [6, 6.07) is 5.59. The molecule has 3 N–H and O–H groups in total. The number of rotatable bonds is 4. The summed E-state index contributed by atoms with van der Waals surface area (Å²) in [7, 11) is 0. The number of anilines is 1. The zero-order valence-corrected chi connectivity index (χ0v) is 14.6. The van der Waals surface area contributed by atoms with E-state index in [0.29, 0.717) is 24.6 Å². The summed E-state index contributed by atoms with van der Waals surface area (Å²) in [5.74, 6) is -0.201. The van der Waals surface area contributed by atoms with Gasteiger partial charge in [-0.15, -0.1) is 0 Å². The number of aromatic nitrogens is 1. The smallest absolute Gasteiger partial charge is 0.248 e. The third-order valence-electron chi connectivity index (χ3n) is 4.26. The standard InChI is InChI=1S/C17H22N4O2S/c1-11-5-6-12-14(10-11)24-17(19-12)20-16(23)13-4-2-3-9-21(13)15(22)7-8-18/h5-6,10,13H,2-4,7-9,18H2,1H3,(H,19,20,23)/t13-/m0/s1. The van der Waals surface area contributed by atoms with Gasteiger partial charge < -0.3 is 16.0 Å². The van der Waals surface area contributed by atoms with Crippen molar-refractivity contribution in [2.24, 2.45) is 5.73 Å². The quantitative estimate of drug-likeness (QED) is 0.889. The van der Waals surface area contributed by atoms with Crippen LogP contribution in [0.4, 0.5) is 5.13 Å². The van der Waals surface area contributed by atoms with Crippen LogP contribution in [0, 0.1) is 6.92 Å². The maximum atomic E-state index is 12.7. The number of thiazole rings is 1. The van der Waals surface area contributed by atoms with E-state index in [1.165, 1.54) is 11.3 Å². The van der Waals surface area contributed by atoms with Crippen molar-refractivity contribution < 1.29 is 9.59 Å². The zero-order valence-electron chi connectivity index (χ0n) is 13.7. The van der Waals surface area contributed by atoms with Gasteiger partial charge in [0.2, 0.25) is 11.8 Å². The monoisotopic (exact) mass is 346 g/mol. The molecule has 1 aliphatic rings. The fraction of sp³-hybridized carbons (Fsp3) is 0.471. The molecule has 2 aromatic rings. The Morgan fingerprint density at radius 2 is 2.25 bits per heavy atom. The lowest BCUT2D eigenvalue weighted by atomic mass is 10.0. The van der Waals surface area contributed by atoms with Gasteiger partial charge in [-0.2, -0.15) is 0 Å². The first kappa shape index (κ1) is 16.9. The third-order valence-corrected chi connectivity index (χ3v) is 5.19. The first-order valence-electron chi connectivity index (χ1n) is 8.26. The zero-order chi connectivity index (χ0) is 17.1. The molecule has 128 valence electrons. The van der Waals surface area contributed by atoms with Gasteiger partial charge in [-0.05, 0) is 43.9 Å². The number of nitrogens with zero attached hydrogens (tertiary/aromatic N) is 2.